The molecule has 0 spiro atoms. The molecule has 1 atom stereocenters. The highest BCUT2D eigenvalue weighted by atomic mass is 35.5. The van der Waals surface area contributed by atoms with Gasteiger partial charge in [-0.1, -0.05) is 17.7 Å². The van der Waals surface area contributed by atoms with Crippen LogP contribution in [0.2, 0.25) is 5.02 Å². The Bertz CT molecular complexity index is 407. The number of likely N-dealkylation sites (N-methyl/N-ethyl adjacent to an activating group) is 1. The van der Waals surface area contributed by atoms with Crippen molar-refractivity contribution in [1.82, 2.24) is 4.90 Å². The van der Waals surface area contributed by atoms with Gasteiger partial charge in [-0.25, -0.2) is 0 Å². The van der Waals surface area contributed by atoms with Crippen molar-refractivity contribution in [2.75, 3.05) is 43.4 Å². The van der Waals surface area contributed by atoms with E-state index in [9.17, 15) is 0 Å². The van der Waals surface area contributed by atoms with E-state index in [0.717, 1.165) is 31.2 Å². The average molecular weight is 238 g/mol. The van der Waals surface area contributed by atoms with Crippen LogP contribution in [0.5, 0.6) is 0 Å². The van der Waals surface area contributed by atoms with Crippen LogP contribution < -0.4 is 10.2 Å². The van der Waals surface area contributed by atoms with E-state index in [-0.39, 0.29) is 0 Å². The Kier molecular flexibility index (Phi) is 2.45. The number of hydrogen-bond donors (Lipinski definition) is 1. The summed E-state index contributed by atoms with van der Waals surface area (Å²) < 4.78 is 0. The molecule has 3 nitrogen and oxygen atoms in total. The summed E-state index contributed by atoms with van der Waals surface area (Å²) in [6, 6.07) is 6.63. The smallest absolute Gasteiger partial charge is 0.0795 e. The molecule has 16 heavy (non-hydrogen) atoms. The predicted molar refractivity (Wildman–Crippen MR) is 68.6 cm³/mol. The molecule has 1 unspecified atom stereocenters. The summed E-state index contributed by atoms with van der Waals surface area (Å²) in [7, 11) is 2.18. The molecule has 1 N–H and O–H groups in total. The van der Waals surface area contributed by atoms with Crippen molar-refractivity contribution in [3.63, 3.8) is 0 Å². The fourth-order valence-electron chi connectivity index (χ4n) is 2.66. The van der Waals surface area contributed by atoms with Gasteiger partial charge in [-0.15, -0.1) is 0 Å². The topological polar surface area (TPSA) is 18.5 Å². The predicted octanol–water partition coefficient (Wildman–Crippen LogP) is 1.89. The highest BCUT2D eigenvalue weighted by Gasteiger charge is 2.31. The van der Waals surface area contributed by atoms with Gasteiger partial charge < -0.3 is 15.1 Å². The number of nitrogens with zero attached hydrogens (tertiary/aromatic N) is 2. The third kappa shape index (κ3) is 1.55. The fraction of sp³-hybridized carbons (Fsp3) is 0.500. The molecule has 86 valence electrons. The van der Waals surface area contributed by atoms with Crippen molar-refractivity contribution < 1.29 is 0 Å². The Morgan fingerprint density at radius 2 is 2.25 bits per heavy atom. The van der Waals surface area contributed by atoms with Gasteiger partial charge in [-0.05, 0) is 19.2 Å². The van der Waals surface area contributed by atoms with Gasteiger partial charge in [-0.3, -0.25) is 0 Å². The molecular formula is C12H16ClN3. The van der Waals surface area contributed by atoms with Crippen molar-refractivity contribution >= 4 is 23.0 Å². The van der Waals surface area contributed by atoms with Crippen LogP contribution >= 0.6 is 11.6 Å². The first kappa shape index (κ1) is 10.2. The van der Waals surface area contributed by atoms with E-state index in [1.54, 1.807) is 0 Å². The summed E-state index contributed by atoms with van der Waals surface area (Å²) in [5, 5.41) is 4.33. The third-order valence-electron chi connectivity index (χ3n) is 3.49. The van der Waals surface area contributed by atoms with E-state index in [0.29, 0.717) is 6.04 Å². The van der Waals surface area contributed by atoms with Crippen LogP contribution in [0.3, 0.4) is 0 Å². The number of hydrogen-bond acceptors (Lipinski definition) is 3. The van der Waals surface area contributed by atoms with E-state index in [1.807, 2.05) is 12.1 Å². The van der Waals surface area contributed by atoms with Crippen molar-refractivity contribution in [2.45, 2.75) is 6.04 Å². The number of nitrogens with one attached hydrogen (secondary N) is 1. The first-order valence-corrected chi connectivity index (χ1v) is 6.11. The summed E-state index contributed by atoms with van der Waals surface area (Å²) in [6.45, 7) is 4.30. The quantitative estimate of drug-likeness (QED) is 0.744. The monoisotopic (exact) mass is 237 g/mol. The zero-order valence-corrected chi connectivity index (χ0v) is 10.2. The molecule has 4 heteroatoms. The molecule has 1 aromatic rings. The number of para-hydroxylation sites is 1. The first-order valence-electron chi connectivity index (χ1n) is 5.73. The lowest BCUT2D eigenvalue weighted by molar-refractivity contribution is 0.270. The van der Waals surface area contributed by atoms with Gasteiger partial charge in [0.25, 0.3) is 0 Å². The molecular weight excluding hydrogens is 222 g/mol. The van der Waals surface area contributed by atoms with E-state index in [2.05, 4.69) is 28.2 Å². The minimum absolute atomic E-state index is 0.547. The van der Waals surface area contributed by atoms with E-state index < -0.39 is 0 Å². The van der Waals surface area contributed by atoms with Crippen LogP contribution in [0, 0.1) is 0 Å². The third-order valence-corrected chi connectivity index (χ3v) is 3.79. The van der Waals surface area contributed by atoms with Crippen molar-refractivity contribution in [1.29, 1.82) is 0 Å². The molecule has 3 rings (SSSR count). The minimum atomic E-state index is 0.547. The van der Waals surface area contributed by atoms with Gasteiger partial charge in [0.05, 0.1) is 22.4 Å². The molecule has 0 aromatic heterocycles. The SMILES string of the molecule is CN1CCN2c3c(Cl)cccc3NCC2C1. The number of rotatable bonds is 0. The highest BCUT2D eigenvalue weighted by molar-refractivity contribution is 6.34. The molecule has 2 heterocycles. The number of halogens is 1. The summed E-state index contributed by atoms with van der Waals surface area (Å²) in [5.41, 5.74) is 2.36. The molecule has 2 aliphatic rings. The molecule has 0 saturated carbocycles. The number of anilines is 2. The molecule has 2 aliphatic heterocycles. The maximum Gasteiger partial charge on any atom is 0.0795 e. The van der Waals surface area contributed by atoms with E-state index in [4.69, 9.17) is 11.6 Å². The number of fused-ring (bicyclic) bond motifs is 3. The summed E-state index contributed by atoms with van der Waals surface area (Å²) >= 11 is 6.30. The van der Waals surface area contributed by atoms with Gasteiger partial charge in [0.1, 0.15) is 0 Å². The lowest BCUT2D eigenvalue weighted by Gasteiger charge is -2.45. The van der Waals surface area contributed by atoms with Gasteiger partial charge in [0.15, 0.2) is 0 Å². The van der Waals surface area contributed by atoms with Gasteiger partial charge >= 0.3 is 0 Å². The molecule has 0 radical (unpaired) electrons. The maximum absolute atomic E-state index is 6.30. The van der Waals surface area contributed by atoms with Gasteiger partial charge in [-0.2, -0.15) is 0 Å². The normalized spacial score (nSPS) is 24.6. The molecule has 0 amide bonds. The number of piperazine rings is 1. The van der Waals surface area contributed by atoms with Crippen LogP contribution in [0.15, 0.2) is 18.2 Å². The Morgan fingerprint density at radius 1 is 1.38 bits per heavy atom. The lowest BCUT2D eigenvalue weighted by Crippen LogP contribution is -2.56. The average Bonchev–Trinajstić information content (AvgIpc) is 2.29. The fourth-order valence-corrected chi connectivity index (χ4v) is 2.94. The number of benzene rings is 1. The zero-order valence-electron chi connectivity index (χ0n) is 9.41. The summed E-state index contributed by atoms with van der Waals surface area (Å²) in [4.78, 5) is 4.83. The van der Waals surface area contributed by atoms with Crippen LogP contribution in [-0.2, 0) is 0 Å². The zero-order chi connectivity index (χ0) is 11.1. The van der Waals surface area contributed by atoms with Gasteiger partial charge in [0.2, 0.25) is 0 Å². The molecule has 1 aromatic carbocycles. The van der Waals surface area contributed by atoms with E-state index >= 15 is 0 Å². The van der Waals surface area contributed by atoms with Crippen molar-refractivity contribution in [2.24, 2.45) is 0 Å². The van der Waals surface area contributed by atoms with Crippen LogP contribution in [0.4, 0.5) is 11.4 Å². The summed E-state index contributed by atoms with van der Waals surface area (Å²) in [5.74, 6) is 0. The Balaban J connectivity index is 1.99. The molecule has 0 aliphatic carbocycles. The Labute approximate surface area is 101 Å². The maximum atomic E-state index is 6.30. The van der Waals surface area contributed by atoms with E-state index in [1.165, 1.54) is 11.4 Å². The summed E-state index contributed by atoms with van der Waals surface area (Å²) in [6.07, 6.45) is 0. The molecule has 1 saturated heterocycles. The molecule has 1 fully saturated rings. The Hall–Kier alpha value is -0.930. The Morgan fingerprint density at radius 3 is 3.12 bits per heavy atom. The van der Waals surface area contributed by atoms with Gasteiger partial charge in [0, 0.05) is 26.2 Å². The lowest BCUT2D eigenvalue weighted by atomic mass is 10.1. The van der Waals surface area contributed by atoms with Crippen LogP contribution in [0.1, 0.15) is 0 Å². The van der Waals surface area contributed by atoms with Crippen LogP contribution in [-0.4, -0.2) is 44.2 Å². The second kappa shape index (κ2) is 3.82. The van der Waals surface area contributed by atoms with Crippen molar-refractivity contribution in [3.05, 3.63) is 23.2 Å². The standard InChI is InChI=1S/C12H16ClN3/c1-15-5-6-16-9(8-15)7-14-11-4-2-3-10(13)12(11)16/h2-4,9,14H,5-8H2,1H3. The second-order valence-corrected chi connectivity index (χ2v) is 5.03. The minimum Gasteiger partial charge on any atom is -0.381 e. The van der Waals surface area contributed by atoms with Crippen LogP contribution in [0.25, 0.3) is 0 Å². The largest absolute Gasteiger partial charge is 0.381 e. The molecule has 0 bridgehead atoms. The first-order chi connectivity index (χ1) is 7.75. The highest BCUT2D eigenvalue weighted by Crippen LogP contribution is 2.38. The van der Waals surface area contributed by atoms with Crippen molar-refractivity contribution in [3.8, 4) is 0 Å². The second-order valence-electron chi connectivity index (χ2n) is 4.63.